The highest BCUT2D eigenvalue weighted by atomic mass is 32.1. The van der Waals surface area contributed by atoms with Gasteiger partial charge in [0, 0.05) is 12.6 Å². The van der Waals surface area contributed by atoms with E-state index in [9.17, 15) is 14.7 Å². The Bertz CT molecular complexity index is 487. The first-order chi connectivity index (χ1) is 7.90. The molecule has 0 saturated carbocycles. The van der Waals surface area contributed by atoms with Gasteiger partial charge in [0.25, 0.3) is 0 Å². The van der Waals surface area contributed by atoms with Gasteiger partial charge in [-0.25, -0.2) is 4.79 Å². The summed E-state index contributed by atoms with van der Waals surface area (Å²) >= 11 is 4.80. The SMILES string of the molecule is CC(=O)NC(=S)Nc1ccc(O)c(C(=O)O)c1. The summed E-state index contributed by atoms with van der Waals surface area (Å²) in [5.74, 6) is -1.93. The lowest BCUT2D eigenvalue weighted by Gasteiger charge is -2.09. The molecule has 1 aromatic carbocycles. The van der Waals surface area contributed by atoms with Crippen molar-refractivity contribution in [3.8, 4) is 5.75 Å². The van der Waals surface area contributed by atoms with E-state index in [1.165, 1.54) is 25.1 Å². The summed E-state index contributed by atoms with van der Waals surface area (Å²) in [6, 6.07) is 3.88. The van der Waals surface area contributed by atoms with Crippen LogP contribution in [0.15, 0.2) is 18.2 Å². The van der Waals surface area contributed by atoms with Crippen LogP contribution in [0.25, 0.3) is 0 Å². The number of anilines is 1. The average Bonchev–Trinajstić information content (AvgIpc) is 2.19. The number of carbonyl (C=O) groups is 2. The quantitative estimate of drug-likeness (QED) is 0.463. The monoisotopic (exact) mass is 254 g/mol. The van der Waals surface area contributed by atoms with Crippen LogP contribution in [-0.4, -0.2) is 27.2 Å². The zero-order chi connectivity index (χ0) is 13.0. The van der Waals surface area contributed by atoms with E-state index in [0.717, 1.165) is 0 Å². The predicted molar refractivity (Wildman–Crippen MR) is 65.1 cm³/mol. The number of hydrogen-bond donors (Lipinski definition) is 4. The Morgan fingerprint density at radius 2 is 2.00 bits per heavy atom. The molecule has 7 heteroatoms. The summed E-state index contributed by atoms with van der Waals surface area (Å²) in [7, 11) is 0. The van der Waals surface area contributed by atoms with Gasteiger partial charge in [-0.3, -0.25) is 4.79 Å². The third-order valence-corrected chi connectivity index (χ3v) is 1.98. The molecule has 0 saturated heterocycles. The number of hydrogen-bond acceptors (Lipinski definition) is 4. The van der Waals surface area contributed by atoms with Gasteiger partial charge in [0.1, 0.15) is 11.3 Å². The summed E-state index contributed by atoms with van der Waals surface area (Å²) in [5, 5.41) is 23.1. The molecule has 0 bridgehead atoms. The lowest BCUT2D eigenvalue weighted by molar-refractivity contribution is -0.117. The average molecular weight is 254 g/mol. The minimum Gasteiger partial charge on any atom is -0.507 e. The standard InChI is InChI=1S/C10H10N2O4S/c1-5(13)11-10(17)12-6-2-3-8(14)7(4-6)9(15)16/h2-4,14H,1H3,(H,15,16)(H2,11,12,13,17). The number of nitrogens with one attached hydrogen (secondary N) is 2. The van der Waals surface area contributed by atoms with Crippen molar-refractivity contribution in [2.75, 3.05) is 5.32 Å². The molecular formula is C10H10N2O4S. The third-order valence-electron chi connectivity index (χ3n) is 1.77. The maximum atomic E-state index is 10.7. The van der Waals surface area contributed by atoms with Crippen molar-refractivity contribution in [3.63, 3.8) is 0 Å². The molecule has 0 spiro atoms. The van der Waals surface area contributed by atoms with Crippen molar-refractivity contribution < 1.29 is 19.8 Å². The second-order valence-electron chi connectivity index (χ2n) is 3.17. The largest absolute Gasteiger partial charge is 0.507 e. The van der Waals surface area contributed by atoms with Crippen molar-refractivity contribution in [2.45, 2.75) is 6.92 Å². The molecule has 1 amide bonds. The van der Waals surface area contributed by atoms with Crippen molar-refractivity contribution >= 4 is 34.9 Å². The molecule has 0 aliphatic heterocycles. The zero-order valence-electron chi connectivity index (χ0n) is 8.85. The number of carbonyl (C=O) groups excluding carboxylic acids is 1. The number of thiocarbonyl (C=S) groups is 1. The summed E-state index contributed by atoms with van der Waals surface area (Å²) < 4.78 is 0. The van der Waals surface area contributed by atoms with Crippen molar-refractivity contribution in [3.05, 3.63) is 23.8 Å². The molecule has 6 nitrogen and oxygen atoms in total. The van der Waals surface area contributed by atoms with Crippen LogP contribution in [0.4, 0.5) is 5.69 Å². The van der Waals surface area contributed by atoms with E-state index in [-0.39, 0.29) is 22.3 Å². The number of amides is 1. The van der Waals surface area contributed by atoms with Gasteiger partial charge in [-0.05, 0) is 30.4 Å². The van der Waals surface area contributed by atoms with Crippen LogP contribution in [0.2, 0.25) is 0 Å². The molecule has 1 rings (SSSR count). The molecule has 0 fully saturated rings. The van der Waals surface area contributed by atoms with E-state index >= 15 is 0 Å². The maximum absolute atomic E-state index is 10.7. The molecule has 0 atom stereocenters. The van der Waals surface area contributed by atoms with E-state index < -0.39 is 5.97 Å². The van der Waals surface area contributed by atoms with Crippen LogP contribution in [0.5, 0.6) is 5.75 Å². The van der Waals surface area contributed by atoms with E-state index in [4.69, 9.17) is 17.3 Å². The smallest absolute Gasteiger partial charge is 0.339 e. The summed E-state index contributed by atoms with van der Waals surface area (Å²) in [6.07, 6.45) is 0. The van der Waals surface area contributed by atoms with Gasteiger partial charge in [0.2, 0.25) is 5.91 Å². The molecule has 4 N–H and O–H groups in total. The highest BCUT2D eigenvalue weighted by Gasteiger charge is 2.10. The molecule has 0 aliphatic rings. The van der Waals surface area contributed by atoms with E-state index in [1.807, 2.05) is 0 Å². The Kier molecular flexibility index (Phi) is 4.00. The van der Waals surface area contributed by atoms with E-state index in [2.05, 4.69) is 10.6 Å². The van der Waals surface area contributed by atoms with Crippen LogP contribution in [0.1, 0.15) is 17.3 Å². The van der Waals surface area contributed by atoms with Crippen LogP contribution in [0, 0.1) is 0 Å². The minimum atomic E-state index is -1.25. The van der Waals surface area contributed by atoms with Crippen LogP contribution in [0.3, 0.4) is 0 Å². The Morgan fingerprint density at radius 1 is 1.35 bits per heavy atom. The second kappa shape index (κ2) is 5.26. The Hall–Kier alpha value is -2.15. The first kappa shape index (κ1) is 12.9. The summed E-state index contributed by atoms with van der Waals surface area (Å²) in [5.41, 5.74) is 0.111. The van der Waals surface area contributed by atoms with Gasteiger partial charge >= 0.3 is 5.97 Å². The molecule has 0 aliphatic carbocycles. The van der Waals surface area contributed by atoms with E-state index in [0.29, 0.717) is 5.69 Å². The highest BCUT2D eigenvalue weighted by Crippen LogP contribution is 2.21. The summed E-state index contributed by atoms with van der Waals surface area (Å²) in [6.45, 7) is 1.30. The fourth-order valence-electron chi connectivity index (χ4n) is 1.11. The lowest BCUT2D eigenvalue weighted by Crippen LogP contribution is -2.32. The number of phenols is 1. The molecule has 0 radical (unpaired) electrons. The molecule has 0 heterocycles. The summed E-state index contributed by atoms with van der Waals surface area (Å²) in [4.78, 5) is 21.4. The van der Waals surface area contributed by atoms with E-state index in [1.54, 1.807) is 0 Å². The number of aromatic carboxylic acids is 1. The Labute approximate surface area is 102 Å². The third kappa shape index (κ3) is 3.72. The van der Waals surface area contributed by atoms with Gasteiger partial charge in [-0.15, -0.1) is 0 Å². The molecule has 90 valence electrons. The lowest BCUT2D eigenvalue weighted by atomic mass is 10.2. The number of carboxylic acids is 1. The number of carboxylic acid groups (broad SMARTS) is 1. The van der Waals surface area contributed by atoms with Crippen LogP contribution in [-0.2, 0) is 4.79 Å². The molecule has 0 unspecified atom stereocenters. The first-order valence-electron chi connectivity index (χ1n) is 4.55. The topological polar surface area (TPSA) is 98.7 Å². The number of benzene rings is 1. The molecular weight excluding hydrogens is 244 g/mol. The highest BCUT2D eigenvalue weighted by molar-refractivity contribution is 7.80. The maximum Gasteiger partial charge on any atom is 0.339 e. The Balaban J connectivity index is 2.86. The van der Waals surface area contributed by atoms with Gasteiger partial charge in [0.05, 0.1) is 0 Å². The zero-order valence-corrected chi connectivity index (χ0v) is 9.67. The van der Waals surface area contributed by atoms with Crippen LogP contribution < -0.4 is 10.6 Å². The minimum absolute atomic E-state index is 0.0551. The normalized spacial score (nSPS) is 9.47. The molecule has 0 aromatic heterocycles. The van der Waals surface area contributed by atoms with Crippen LogP contribution >= 0.6 is 12.2 Å². The Morgan fingerprint density at radius 3 is 2.53 bits per heavy atom. The van der Waals surface area contributed by atoms with Gasteiger partial charge in [0.15, 0.2) is 5.11 Å². The van der Waals surface area contributed by atoms with Crippen molar-refractivity contribution in [1.82, 2.24) is 5.32 Å². The predicted octanol–water partition coefficient (Wildman–Crippen LogP) is 0.923. The van der Waals surface area contributed by atoms with Gasteiger partial charge in [-0.1, -0.05) is 0 Å². The second-order valence-corrected chi connectivity index (χ2v) is 3.58. The fourth-order valence-corrected chi connectivity index (χ4v) is 1.37. The fraction of sp³-hybridized carbons (Fsp3) is 0.100. The van der Waals surface area contributed by atoms with Crippen molar-refractivity contribution in [2.24, 2.45) is 0 Å². The molecule has 17 heavy (non-hydrogen) atoms. The van der Waals surface area contributed by atoms with Gasteiger partial charge in [-0.2, -0.15) is 0 Å². The van der Waals surface area contributed by atoms with Crippen molar-refractivity contribution in [1.29, 1.82) is 0 Å². The number of rotatable bonds is 2. The van der Waals surface area contributed by atoms with Gasteiger partial charge < -0.3 is 20.8 Å². The first-order valence-corrected chi connectivity index (χ1v) is 4.96. The number of aromatic hydroxyl groups is 1. The molecule has 1 aromatic rings.